The van der Waals surface area contributed by atoms with E-state index in [9.17, 15) is 18.8 Å². The van der Waals surface area contributed by atoms with Crippen LogP contribution in [-0.2, 0) is 30.7 Å². The van der Waals surface area contributed by atoms with Gasteiger partial charge in [-0.05, 0) is 35.2 Å². The van der Waals surface area contributed by atoms with Gasteiger partial charge in [0.05, 0.1) is 6.42 Å². The first-order valence-electron chi connectivity index (χ1n) is 10.3. The Kier molecular flexibility index (Phi) is 6.11. The van der Waals surface area contributed by atoms with Gasteiger partial charge in [-0.2, -0.15) is 0 Å². The summed E-state index contributed by atoms with van der Waals surface area (Å²) in [6.07, 6.45) is 5.52. The Labute approximate surface area is 184 Å². The highest BCUT2D eigenvalue weighted by Crippen LogP contribution is 2.22. The van der Waals surface area contributed by atoms with Gasteiger partial charge in [-0.3, -0.25) is 19.4 Å². The van der Waals surface area contributed by atoms with Gasteiger partial charge in [0.1, 0.15) is 11.4 Å². The molecule has 7 nitrogen and oxygen atoms in total. The minimum Gasteiger partial charge on any atom is -0.338 e. The van der Waals surface area contributed by atoms with Gasteiger partial charge in [0, 0.05) is 50.8 Å². The summed E-state index contributed by atoms with van der Waals surface area (Å²) >= 11 is 0. The monoisotopic (exact) mass is 434 g/mol. The van der Waals surface area contributed by atoms with E-state index in [2.05, 4.69) is 9.97 Å². The Morgan fingerprint density at radius 2 is 2.03 bits per heavy atom. The quantitative estimate of drug-likeness (QED) is 0.668. The van der Waals surface area contributed by atoms with E-state index < -0.39 is 17.3 Å². The van der Waals surface area contributed by atoms with Gasteiger partial charge < -0.3 is 14.8 Å². The van der Waals surface area contributed by atoms with Crippen molar-refractivity contribution >= 4 is 11.8 Å². The topological polar surface area (TPSA) is 86.4 Å². The Bertz CT molecular complexity index is 1210. The van der Waals surface area contributed by atoms with Crippen LogP contribution in [0.4, 0.5) is 4.39 Å². The number of carbonyl (C=O) groups is 2. The standard InChI is InChI=1S/C24H23FN4O3/c1-28(14-17-6-2-3-7-20(17)25)24(32)22-19-8-10-29(15-18(19)13-27-23(22)31)21(30)11-16-5-4-9-26-12-16/h2-7,9,12-13H,8,10-11,14-15H2,1H3,(H,27,31). The third-order valence-electron chi connectivity index (χ3n) is 5.64. The van der Waals surface area contributed by atoms with Crippen LogP contribution in [0.2, 0.25) is 0 Å². The zero-order valence-electron chi connectivity index (χ0n) is 17.7. The molecule has 2 aromatic heterocycles. The Hall–Kier alpha value is -3.81. The maximum atomic E-state index is 14.0. The molecule has 0 radical (unpaired) electrons. The van der Waals surface area contributed by atoms with Crippen LogP contribution >= 0.6 is 0 Å². The van der Waals surface area contributed by atoms with Gasteiger partial charge in [-0.15, -0.1) is 0 Å². The number of carbonyl (C=O) groups excluding carboxylic acids is 2. The van der Waals surface area contributed by atoms with Gasteiger partial charge in [0.2, 0.25) is 5.91 Å². The maximum Gasteiger partial charge on any atom is 0.261 e. The fraction of sp³-hybridized carbons (Fsp3) is 0.250. The smallest absolute Gasteiger partial charge is 0.261 e. The predicted octanol–water partition coefficient (Wildman–Crippen LogP) is 2.31. The highest BCUT2D eigenvalue weighted by molar-refractivity contribution is 5.95. The molecule has 3 aromatic rings. The SMILES string of the molecule is CN(Cc1ccccc1F)C(=O)c1c2c(c[nH]c1=O)CN(C(=O)Cc1cccnc1)CC2. The van der Waals surface area contributed by atoms with Crippen molar-refractivity contribution < 1.29 is 14.0 Å². The molecule has 3 heterocycles. The normalized spacial score (nSPS) is 12.9. The van der Waals surface area contributed by atoms with Crippen LogP contribution in [0.15, 0.2) is 59.8 Å². The number of nitrogens with one attached hydrogen (secondary N) is 1. The number of benzene rings is 1. The second kappa shape index (κ2) is 9.13. The largest absolute Gasteiger partial charge is 0.338 e. The van der Waals surface area contributed by atoms with Crippen molar-refractivity contribution in [3.63, 3.8) is 0 Å². The summed E-state index contributed by atoms with van der Waals surface area (Å²) in [6, 6.07) is 9.86. The van der Waals surface area contributed by atoms with Crippen LogP contribution in [-0.4, -0.2) is 45.2 Å². The fourth-order valence-electron chi connectivity index (χ4n) is 3.94. The number of hydrogen-bond donors (Lipinski definition) is 1. The van der Waals surface area contributed by atoms with Crippen LogP contribution in [0, 0.1) is 5.82 Å². The fourth-order valence-corrected chi connectivity index (χ4v) is 3.94. The molecule has 2 amide bonds. The average molecular weight is 434 g/mol. The average Bonchev–Trinajstić information content (AvgIpc) is 2.80. The lowest BCUT2D eigenvalue weighted by molar-refractivity contribution is -0.131. The van der Waals surface area contributed by atoms with Crippen molar-refractivity contribution in [3.8, 4) is 0 Å². The zero-order valence-corrected chi connectivity index (χ0v) is 17.7. The molecule has 1 aliphatic heterocycles. The third kappa shape index (κ3) is 4.44. The van der Waals surface area contributed by atoms with Crippen LogP contribution in [0.1, 0.15) is 32.6 Å². The molecular formula is C24H23FN4O3. The number of aromatic nitrogens is 2. The number of aromatic amines is 1. The lowest BCUT2D eigenvalue weighted by Gasteiger charge is -2.30. The number of hydrogen-bond acceptors (Lipinski definition) is 4. The Morgan fingerprint density at radius 1 is 1.22 bits per heavy atom. The van der Waals surface area contributed by atoms with E-state index in [-0.39, 0.29) is 24.4 Å². The molecule has 0 fully saturated rings. The molecule has 164 valence electrons. The molecule has 0 spiro atoms. The minimum atomic E-state index is -0.482. The molecule has 0 unspecified atom stereocenters. The predicted molar refractivity (Wildman–Crippen MR) is 116 cm³/mol. The van der Waals surface area contributed by atoms with E-state index >= 15 is 0 Å². The summed E-state index contributed by atoms with van der Waals surface area (Å²) in [7, 11) is 1.54. The van der Waals surface area contributed by atoms with Gasteiger partial charge in [-0.1, -0.05) is 24.3 Å². The van der Waals surface area contributed by atoms with E-state index in [1.165, 1.54) is 11.0 Å². The lowest BCUT2D eigenvalue weighted by Crippen LogP contribution is -2.40. The molecular weight excluding hydrogens is 411 g/mol. The lowest BCUT2D eigenvalue weighted by atomic mass is 9.95. The Morgan fingerprint density at radius 3 is 2.78 bits per heavy atom. The zero-order chi connectivity index (χ0) is 22.7. The highest BCUT2D eigenvalue weighted by Gasteiger charge is 2.28. The summed E-state index contributed by atoms with van der Waals surface area (Å²) in [5, 5.41) is 0. The second-order valence-corrected chi connectivity index (χ2v) is 7.85. The highest BCUT2D eigenvalue weighted by atomic mass is 19.1. The molecule has 1 aliphatic rings. The van der Waals surface area contributed by atoms with Crippen molar-refractivity contribution in [2.75, 3.05) is 13.6 Å². The minimum absolute atomic E-state index is 0.0422. The van der Waals surface area contributed by atoms with Crippen LogP contribution in [0.5, 0.6) is 0 Å². The summed E-state index contributed by atoms with van der Waals surface area (Å²) in [5.74, 6) is -0.917. The summed E-state index contributed by atoms with van der Waals surface area (Å²) in [4.78, 5) is 48.1. The van der Waals surface area contributed by atoms with E-state index in [0.717, 1.165) is 11.1 Å². The molecule has 0 atom stereocenters. The first kappa shape index (κ1) is 21.4. The number of rotatable bonds is 5. The molecule has 0 aliphatic carbocycles. The molecule has 4 rings (SSSR count). The molecule has 1 aromatic carbocycles. The number of pyridine rings is 2. The Balaban J connectivity index is 1.53. The van der Waals surface area contributed by atoms with Gasteiger partial charge in [0.25, 0.3) is 11.5 Å². The maximum absolute atomic E-state index is 14.0. The molecule has 0 saturated carbocycles. The van der Waals surface area contributed by atoms with Crippen LogP contribution in [0.3, 0.4) is 0 Å². The number of nitrogens with zero attached hydrogens (tertiary/aromatic N) is 3. The van der Waals surface area contributed by atoms with E-state index in [1.807, 2.05) is 6.07 Å². The van der Waals surface area contributed by atoms with Crippen molar-refractivity contribution in [1.82, 2.24) is 19.8 Å². The summed E-state index contributed by atoms with van der Waals surface area (Å²) in [5.41, 5.74) is 2.15. The molecule has 0 bridgehead atoms. The van der Waals surface area contributed by atoms with E-state index in [1.54, 1.807) is 54.8 Å². The van der Waals surface area contributed by atoms with Gasteiger partial charge >= 0.3 is 0 Å². The van der Waals surface area contributed by atoms with Crippen LogP contribution in [0.25, 0.3) is 0 Å². The third-order valence-corrected chi connectivity index (χ3v) is 5.64. The number of amides is 2. The molecule has 0 saturated heterocycles. The number of halogens is 1. The summed E-state index contributed by atoms with van der Waals surface area (Å²) in [6.45, 7) is 0.764. The van der Waals surface area contributed by atoms with Gasteiger partial charge in [-0.25, -0.2) is 4.39 Å². The second-order valence-electron chi connectivity index (χ2n) is 7.85. The van der Waals surface area contributed by atoms with Crippen molar-refractivity contribution in [2.24, 2.45) is 0 Å². The summed E-state index contributed by atoms with van der Waals surface area (Å²) < 4.78 is 14.0. The van der Waals surface area contributed by atoms with E-state index in [4.69, 9.17) is 0 Å². The number of fused-ring (bicyclic) bond motifs is 1. The van der Waals surface area contributed by atoms with Crippen LogP contribution < -0.4 is 5.56 Å². The molecule has 32 heavy (non-hydrogen) atoms. The van der Waals surface area contributed by atoms with Crippen molar-refractivity contribution in [3.05, 3.63) is 99.0 Å². The van der Waals surface area contributed by atoms with Crippen molar-refractivity contribution in [2.45, 2.75) is 25.9 Å². The molecule has 8 heteroatoms. The molecule has 1 N–H and O–H groups in total. The van der Waals surface area contributed by atoms with Crippen molar-refractivity contribution in [1.29, 1.82) is 0 Å². The first-order chi connectivity index (χ1) is 15.4. The van der Waals surface area contributed by atoms with Gasteiger partial charge in [0.15, 0.2) is 0 Å². The first-order valence-corrected chi connectivity index (χ1v) is 10.3. The van der Waals surface area contributed by atoms with E-state index in [0.29, 0.717) is 30.6 Å². The number of H-pyrrole nitrogens is 1.